The third kappa shape index (κ3) is 4.13. The summed E-state index contributed by atoms with van der Waals surface area (Å²) in [6.07, 6.45) is 3.80. The Labute approximate surface area is 167 Å². The van der Waals surface area contributed by atoms with E-state index >= 15 is 0 Å². The van der Waals surface area contributed by atoms with Crippen molar-refractivity contribution in [3.05, 3.63) is 48.2 Å². The zero-order chi connectivity index (χ0) is 19.3. The van der Waals surface area contributed by atoms with Crippen molar-refractivity contribution < 1.29 is 13.9 Å². The van der Waals surface area contributed by atoms with E-state index in [1.165, 1.54) is 11.8 Å². The van der Waals surface area contributed by atoms with Gasteiger partial charge in [-0.25, -0.2) is 0 Å². The maximum absolute atomic E-state index is 12.3. The summed E-state index contributed by atoms with van der Waals surface area (Å²) in [7, 11) is 0. The SMILES string of the molecule is Cc1ccccc1-n1c(SCC(=O)NCC2CCCO2)nnc1-c1ccco1. The number of carbonyl (C=O) groups is 1. The third-order valence-corrected chi connectivity index (χ3v) is 5.54. The molecule has 1 aromatic carbocycles. The van der Waals surface area contributed by atoms with Crippen molar-refractivity contribution in [1.82, 2.24) is 20.1 Å². The Morgan fingerprint density at radius 3 is 2.93 bits per heavy atom. The molecule has 0 spiro atoms. The number of hydrogen-bond donors (Lipinski definition) is 1. The van der Waals surface area contributed by atoms with E-state index < -0.39 is 0 Å². The first-order valence-corrected chi connectivity index (χ1v) is 10.3. The quantitative estimate of drug-likeness (QED) is 0.616. The minimum absolute atomic E-state index is 0.0422. The number of aryl methyl sites for hydroxylation is 1. The molecule has 28 heavy (non-hydrogen) atoms. The fraction of sp³-hybridized carbons (Fsp3) is 0.350. The van der Waals surface area contributed by atoms with Gasteiger partial charge in [-0.1, -0.05) is 30.0 Å². The molecule has 0 aliphatic carbocycles. The molecule has 8 heteroatoms. The monoisotopic (exact) mass is 398 g/mol. The van der Waals surface area contributed by atoms with Gasteiger partial charge in [-0.15, -0.1) is 10.2 Å². The van der Waals surface area contributed by atoms with Crippen LogP contribution in [0.1, 0.15) is 18.4 Å². The van der Waals surface area contributed by atoms with Gasteiger partial charge in [-0.2, -0.15) is 0 Å². The Bertz CT molecular complexity index is 933. The molecule has 146 valence electrons. The zero-order valence-corrected chi connectivity index (χ0v) is 16.4. The van der Waals surface area contributed by atoms with E-state index in [9.17, 15) is 4.79 Å². The van der Waals surface area contributed by atoms with Gasteiger partial charge in [0.05, 0.1) is 23.8 Å². The summed E-state index contributed by atoms with van der Waals surface area (Å²) >= 11 is 1.35. The molecular weight excluding hydrogens is 376 g/mol. The lowest BCUT2D eigenvalue weighted by Gasteiger charge is -2.12. The van der Waals surface area contributed by atoms with E-state index in [0.29, 0.717) is 23.3 Å². The summed E-state index contributed by atoms with van der Waals surface area (Å²) in [5.74, 6) is 1.46. The van der Waals surface area contributed by atoms with Gasteiger partial charge in [0.2, 0.25) is 11.7 Å². The summed E-state index contributed by atoms with van der Waals surface area (Å²) in [5, 5.41) is 12.2. The van der Waals surface area contributed by atoms with Gasteiger partial charge >= 0.3 is 0 Å². The molecule has 0 saturated carbocycles. The van der Waals surface area contributed by atoms with Crippen molar-refractivity contribution >= 4 is 17.7 Å². The van der Waals surface area contributed by atoms with Gasteiger partial charge in [0, 0.05) is 13.2 Å². The first-order valence-electron chi connectivity index (χ1n) is 9.29. The second-order valence-corrected chi connectivity index (χ2v) is 7.58. The number of nitrogens with zero attached hydrogens (tertiary/aromatic N) is 3. The number of aromatic nitrogens is 3. The van der Waals surface area contributed by atoms with Crippen molar-refractivity contribution in [2.45, 2.75) is 31.0 Å². The number of thioether (sulfide) groups is 1. The fourth-order valence-corrected chi connectivity index (χ4v) is 3.95. The maximum atomic E-state index is 12.3. The minimum atomic E-state index is -0.0422. The van der Waals surface area contributed by atoms with E-state index in [4.69, 9.17) is 9.15 Å². The second kappa shape index (κ2) is 8.62. The number of benzene rings is 1. The van der Waals surface area contributed by atoms with Gasteiger partial charge in [0.1, 0.15) is 0 Å². The van der Waals surface area contributed by atoms with Crippen LogP contribution in [0, 0.1) is 6.92 Å². The molecule has 1 amide bonds. The summed E-state index contributed by atoms with van der Waals surface area (Å²) in [6.45, 7) is 3.37. The van der Waals surface area contributed by atoms with Gasteiger partial charge in [-0.3, -0.25) is 9.36 Å². The number of rotatable bonds is 7. The summed E-state index contributed by atoms with van der Waals surface area (Å²) in [5.41, 5.74) is 2.04. The van der Waals surface area contributed by atoms with Crippen molar-refractivity contribution in [3.63, 3.8) is 0 Å². The van der Waals surface area contributed by atoms with Crippen molar-refractivity contribution in [3.8, 4) is 17.3 Å². The van der Waals surface area contributed by atoms with Gasteiger partial charge in [0.25, 0.3) is 0 Å². The van der Waals surface area contributed by atoms with Crippen LogP contribution >= 0.6 is 11.8 Å². The smallest absolute Gasteiger partial charge is 0.230 e. The molecule has 1 fully saturated rings. The van der Waals surface area contributed by atoms with Gasteiger partial charge in [-0.05, 0) is 43.5 Å². The molecule has 7 nitrogen and oxygen atoms in total. The van der Waals surface area contributed by atoms with Crippen molar-refractivity contribution in [2.75, 3.05) is 18.9 Å². The van der Waals surface area contributed by atoms with Crippen LogP contribution in [-0.2, 0) is 9.53 Å². The number of amides is 1. The second-order valence-electron chi connectivity index (χ2n) is 6.63. The van der Waals surface area contributed by atoms with Crippen LogP contribution in [0.15, 0.2) is 52.2 Å². The van der Waals surface area contributed by atoms with Crippen LogP contribution in [0.2, 0.25) is 0 Å². The number of nitrogens with one attached hydrogen (secondary N) is 1. The number of para-hydroxylation sites is 1. The molecule has 1 atom stereocenters. The Morgan fingerprint density at radius 1 is 1.29 bits per heavy atom. The lowest BCUT2D eigenvalue weighted by molar-refractivity contribution is -0.119. The zero-order valence-electron chi connectivity index (χ0n) is 15.6. The highest BCUT2D eigenvalue weighted by molar-refractivity contribution is 7.99. The van der Waals surface area contributed by atoms with E-state index in [-0.39, 0.29) is 17.8 Å². The number of carbonyl (C=O) groups excluding carboxylic acids is 1. The van der Waals surface area contributed by atoms with E-state index in [1.807, 2.05) is 47.9 Å². The third-order valence-electron chi connectivity index (χ3n) is 4.61. The van der Waals surface area contributed by atoms with Gasteiger partial charge < -0.3 is 14.5 Å². The van der Waals surface area contributed by atoms with Crippen LogP contribution in [0.25, 0.3) is 17.3 Å². The Balaban J connectivity index is 1.52. The Hall–Kier alpha value is -2.58. The highest BCUT2D eigenvalue weighted by Crippen LogP contribution is 2.29. The molecule has 1 aliphatic rings. The Kier molecular flexibility index (Phi) is 5.78. The molecule has 1 saturated heterocycles. The van der Waals surface area contributed by atoms with Crippen LogP contribution < -0.4 is 5.32 Å². The number of hydrogen-bond acceptors (Lipinski definition) is 6. The lowest BCUT2D eigenvalue weighted by Crippen LogP contribution is -2.32. The molecule has 3 heterocycles. The molecular formula is C20H22N4O3S. The summed E-state index contributed by atoms with van der Waals surface area (Å²) < 4.78 is 13.0. The summed E-state index contributed by atoms with van der Waals surface area (Å²) in [4.78, 5) is 12.3. The summed E-state index contributed by atoms with van der Waals surface area (Å²) in [6, 6.07) is 11.7. The van der Waals surface area contributed by atoms with Crippen LogP contribution in [0.4, 0.5) is 0 Å². The molecule has 3 aromatic rings. The molecule has 4 rings (SSSR count). The first kappa shape index (κ1) is 18.8. The number of ether oxygens (including phenoxy) is 1. The standard InChI is InChI=1S/C20H22N4O3S/c1-14-6-2-3-8-16(14)24-19(17-9-5-11-27-17)22-23-20(24)28-13-18(25)21-12-15-7-4-10-26-15/h2-3,5-6,8-9,11,15H,4,7,10,12-13H2,1H3,(H,21,25). The predicted molar refractivity (Wildman–Crippen MR) is 107 cm³/mol. The van der Waals surface area contributed by atoms with Crippen LogP contribution in [0.3, 0.4) is 0 Å². The maximum Gasteiger partial charge on any atom is 0.230 e. The van der Waals surface area contributed by atoms with Crippen LogP contribution in [0.5, 0.6) is 0 Å². The molecule has 1 unspecified atom stereocenters. The largest absolute Gasteiger partial charge is 0.461 e. The molecule has 2 aromatic heterocycles. The normalized spacial score (nSPS) is 16.4. The Morgan fingerprint density at radius 2 is 2.18 bits per heavy atom. The van der Waals surface area contributed by atoms with Crippen molar-refractivity contribution in [1.29, 1.82) is 0 Å². The molecule has 1 aliphatic heterocycles. The predicted octanol–water partition coefficient (Wildman–Crippen LogP) is 3.22. The minimum Gasteiger partial charge on any atom is -0.461 e. The average molecular weight is 398 g/mol. The van der Waals surface area contributed by atoms with E-state index in [0.717, 1.165) is 30.7 Å². The number of furan rings is 1. The van der Waals surface area contributed by atoms with Crippen LogP contribution in [-0.4, -0.2) is 45.7 Å². The molecule has 0 bridgehead atoms. The van der Waals surface area contributed by atoms with E-state index in [2.05, 4.69) is 15.5 Å². The average Bonchev–Trinajstić information content (AvgIpc) is 3.46. The highest BCUT2D eigenvalue weighted by Gasteiger charge is 2.20. The van der Waals surface area contributed by atoms with E-state index in [1.54, 1.807) is 6.26 Å². The molecule has 0 radical (unpaired) electrons. The topological polar surface area (TPSA) is 82.2 Å². The van der Waals surface area contributed by atoms with Gasteiger partial charge in [0.15, 0.2) is 10.9 Å². The first-order chi connectivity index (χ1) is 13.7. The lowest BCUT2D eigenvalue weighted by atomic mass is 10.2. The fourth-order valence-electron chi connectivity index (χ4n) is 3.17. The highest BCUT2D eigenvalue weighted by atomic mass is 32.2. The molecule has 1 N–H and O–H groups in total. The van der Waals surface area contributed by atoms with Crippen molar-refractivity contribution in [2.24, 2.45) is 0 Å².